The van der Waals surface area contributed by atoms with E-state index < -0.39 is 24.5 Å². The van der Waals surface area contributed by atoms with Crippen LogP contribution in [0, 0.1) is 0 Å². The largest absolute Gasteiger partial charge is 0.484 e. The zero-order valence-corrected chi connectivity index (χ0v) is 15.7. The molecule has 7 nitrogen and oxygen atoms in total. The zero-order valence-electron chi connectivity index (χ0n) is 15.7. The van der Waals surface area contributed by atoms with E-state index in [1.54, 1.807) is 4.90 Å². The molecule has 0 atom stereocenters. The van der Waals surface area contributed by atoms with Crippen molar-refractivity contribution in [2.45, 2.75) is 18.5 Å². The third-order valence-electron chi connectivity index (χ3n) is 4.36. The Kier molecular flexibility index (Phi) is 6.34. The predicted octanol–water partition coefficient (Wildman–Crippen LogP) is 3.36. The van der Waals surface area contributed by atoms with Crippen LogP contribution in [0.25, 0.3) is 10.8 Å². The van der Waals surface area contributed by atoms with Gasteiger partial charge in [0.05, 0.1) is 13.2 Å². The molecule has 1 aromatic carbocycles. The number of morpholine rings is 1. The molecule has 1 aromatic heterocycles. The van der Waals surface area contributed by atoms with Gasteiger partial charge in [0.1, 0.15) is 5.75 Å². The topological polar surface area (TPSA) is 70.0 Å². The maximum atomic E-state index is 12.6. The van der Waals surface area contributed by atoms with Crippen LogP contribution in [-0.2, 0) is 14.3 Å². The molecule has 0 aliphatic carbocycles. The summed E-state index contributed by atoms with van der Waals surface area (Å²) in [5, 5.41) is 0.614. The fraction of sp³-hybridized carbons (Fsp3) is 0.444. The summed E-state index contributed by atoms with van der Waals surface area (Å²) in [6, 6.07) is 4.26. The molecule has 0 N–H and O–H groups in total. The number of ether oxygens (including phenoxy) is 3. The molecule has 0 spiro atoms. The van der Waals surface area contributed by atoms with Gasteiger partial charge in [0.2, 0.25) is 0 Å². The lowest BCUT2D eigenvalue weighted by Gasteiger charge is -2.26. The van der Waals surface area contributed by atoms with Crippen molar-refractivity contribution in [3.8, 4) is 5.75 Å². The fourth-order valence-corrected chi connectivity index (χ4v) is 2.84. The van der Waals surface area contributed by atoms with E-state index in [9.17, 15) is 35.9 Å². The van der Waals surface area contributed by atoms with E-state index >= 15 is 0 Å². The van der Waals surface area contributed by atoms with Gasteiger partial charge in [-0.1, -0.05) is 0 Å². The molecule has 1 aliphatic rings. The van der Waals surface area contributed by atoms with Crippen molar-refractivity contribution >= 4 is 22.8 Å². The highest BCUT2D eigenvalue weighted by atomic mass is 19.4. The molecule has 1 fully saturated rings. The van der Waals surface area contributed by atoms with Gasteiger partial charge in [-0.2, -0.15) is 26.3 Å². The van der Waals surface area contributed by atoms with Gasteiger partial charge >= 0.3 is 18.4 Å². The first-order valence-electron chi connectivity index (χ1n) is 8.89. The second-order valence-corrected chi connectivity index (χ2v) is 6.59. The van der Waals surface area contributed by atoms with E-state index in [-0.39, 0.29) is 23.6 Å². The number of hydrogen-bond acceptors (Lipinski definition) is 5. The molecule has 1 amide bonds. The van der Waals surface area contributed by atoms with Crippen molar-refractivity contribution in [1.29, 1.82) is 0 Å². The SMILES string of the molecule is O=C(COc1ccc2cn(C(=O)OC(C(F)(F)F)C(F)(F)F)cc2c1)N1CCOCC1. The van der Waals surface area contributed by atoms with Crippen LogP contribution in [-0.4, -0.2) is 72.8 Å². The van der Waals surface area contributed by atoms with Gasteiger partial charge in [-0.25, -0.2) is 4.79 Å². The number of amides is 1. The molecule has 0 radical (unpaired) electrons. The van der Waals surface area contributed by atoms with Crippen molar-refractivity contribution in [2.75, 3.05) is 32.9 Å². The van der Waals surface area contributed by atoms with Crippen LogP contribution in [0.1, 0.15) is 0 Å². The first-order chi connectivity index (χ1) is 14.4. The Bertz CT molecular complexity index is 935. The fourth-order valence-electron chi connectivity index (χ4n) is 2.84. The molecule has 1 aliphatic heterocycles. The highest BCUT2D eigenvalue weighted by Crippen LogP contribution is 2.36. The van der Waals surface area contributed by atoms with E-state index in [0.29, 0.717) is 36.3 Å². The summed E-state index contributed by atoms with van der Waals surface area (Å²) >= 11 is 0. The van der Waals surface area contributed by atoms with Crippen LogP contribution < -0.4 is 4.74 Å². The molecule has 0 unspecified atom stereocenters. The zero-order chi connectivity index (χ0) is 22.8. The van der Waals surface area contributed by atoms with Crippen LogP contribution in [0.15, 0.2) is 30.6 Å². The maximum absolute atomic E-state index is 12.6. The van der Waals surface area contributed by atoms with Crippen molar-refractivity contribution in [1.82, 2.24) is 9.47 Å². The summed E-state index contributed by atoms with van der Waals surface area (Å²) in [5.74, 6) is -0.0430. The number of alkyl halides is 6. The monoisotopic (exact) mass is 454 g/mol. The minimum atomic E-state index is -5.81. The number of halogens is 6. The molecule has 31 heavy (non-hydrogen) atoms. The molecule has 3 rings (SSSR count). The number of carbonyl (C=O) groups is 2. The first kappa shape index (κ1) is 22.7. The van der Waals surface area contributed by atoms with Gasteiger partial charge in [-0.05, 0) is 18.2 Å². The quantitative estimate of drug-likeness (QED) is 0.663. The lowest BCUT2D eigenvalue weighted by molar-refractivity contribution is -0.306. The van der Waals surface area contributed by atoms with Gasteiger partial charge < -0.3 is 19.1 Å². The Hall–Kier alpha value is -2.96. The molecule has 2 heterocycles. The summed E-state index contributed by atoms with van der Waals surface area (Å²) in [6.45, 7) is 1.44. The van der Waals surface area contributed by atoms with Crippen LogP contribution >= 0.6 is 0 Å². The van der Waals surface area contributed by atoms with Crippen molar-refractivity contribution in [2.24, 2.45) is 0 Å². The molecule has 170 valence electrons. The van der Waals surface area contributed by atoms with Gasteiger partial charge in [0.25, 0.3) is 12.0 Å². The summed E-state index contributed by atoms with van der Waals surface area (Å²) < 4.78 is 90.1. The van der Waals surface area contributed by atoms with E-state index in [1.165, 1.54) is 18.2 Å². The number of nitrogens with zero attached hydrogens (tertiary/aromatic N) is 2. The molecule has 1 saturated heterocycles. The Balaban J connectivity index is 1.68. The molecular weight excluding hydrogens is 438 g/mol. The number of hydrogen-bond donors (Lipinski definition) is 0. The van der Waals surface area contributed by atoms with E-state index in [4.69, 9.17) is 9.47 Å². The summed E-state index contributed by atoms with van der Waals surface area (Å²) in [4.78, 5) is 25.5. The third-order valence-corrected chi connectivity index (χ3v) is 4.36. The average Bonchev–Trinajstić information content (AvgIpc) is 3.12. The van der Waals surface area contributed by atoms with Crippen molar-refractivity contribution < 1.29 is 50.1 Å². The number of benzene rings is 1. The van der Waals surface area contributed by atoms with E-state index in [1.807, 2.05) is 0 Å². The van der Waals surface area contributed by atoms with Crippen LogP contribution in [0.4, 0.5) is 31.1 Å². The Morgan fingerprint density at radius 3 is 2.23 bits per heavy atom. The van der Waals surface area contributed by atoms with Crippen LogP contribution in [0.2, 0.25) is 0 Å². The number of aromatic nitrogens is 1. The lowest BCUT2D eigenvalue weighted by atomic mass is 10.2. The predicted molar refractivity (Wildman–Crippen MR) is 92.6 cm³/mol. The number of rotatable bonds is 4. The van der Waals surface area contributed by atoms with Crippen LogP contribution in [0.5, 0.6) is 5.75 Å². The first-order valence-corrected chi connectivity index (χ1v) is 8.89. The second-order valence-electron chi connectivity index (χ2n) is 6.59. The summed E-state index contributed by atoms with van der Waals surface area (Å²) in [6.07, 6.45) is -15.7. The maximum Gasteiger partial charge on any atom is 0.434 e. The van der Waals surface area contributed by atoms with E-state index in [2.05, 4.69) is 4.74 Å². The highest BCUT2D eigenvalue weighted by molar-refractivity contribution is 5.88. The smallest absolute Gasteiger partial charge is 0.434 e. The molecule has 2 aromatic rings. The van der Waals surface area contributed by atoms with Gasteiger partial charge in [0.15, 0.2) is 6.61 Å². The Morgan fingerprint density at radius 2 is 1.61 bits per heavy atom. The Labute approximate surface area is 171 Å². The lowest BCUT2D eigenvalue weighted by Crippen LogP contribution is -2.46. The van der Waals surface area contributed by atoms with Crippen molar-refractivity contribution in [3.05, 3.63) is 30.6 Å². The summed E-state index contributed by atoms with van der Waals surface area (Å²) in [5.41, 5.74) is 0. The van der Waals surface area contributed by atoms with Gasteiger partial charge in [0, 0.05) is 36.3 Å². The molecule has 0 saturated carbocycles. The van der Waals surface area contributed by atoms with E-state index in [0.717, 1.165) is 12.4 Å². The highest BCUT2D eigenvalue weighted by Gasteiger charge is 2.60. The molecule has 0 bridgehead atoms. The Morgan fingerprint density at radius 1 is 1.00 bits per heavy atom. The summed E-state index contributed by atoms with van der Waals surface area (Å²) in [7, 11) is 0. The minimum absolute atomic E-state index is 0.226. The molecule has 13 heteroatoms. The van der Waals surface area contributed by atoms with Crippen molar-refractivity contribution in [3.63, 3.8) is 0 Å². The average molecular weight is 454 g/mol. The second kappa shape index (κ2) is 8.65. The standard InChI is InChI=1S/C18H16F6N2O5/c19-17(20,21)15(18(22,23)24)31-16(28)26-8-11-1-2-13(7-12(11)9-26)30-10-14(27)25-3-5-29-6-4-25/h1-2,7-9,15H,3-6,10H2. The normalized spacial score (nSPS) is 15.4. The third kappa shape index (κ3) is 5.60. The van der Waals surface area contributed by atoms with Gasteiger partial charge in [-0.15, -0.1) is 0 Å². The van der Waals surface area contributed by atoms with Gasteiger partial charge in [-0.3, -0.25) is 9.36 Å². The number of carbonyl (C=O) groups excluding carboxylic acids is 2. The number of fused-ring (bicyclic) bond motifs is 1. The molecular formula is C18H16F6N2O5. The minimum Gasteiger partial charge on any atom is -0.484 e. The van der Waals surface area contributed by atoms with Crippen LogP contribution in [0.3, 0.4) is 0 Å².